The molecule has 1 rings (SSSR count). The molecule has 0 heterocycles. The van der Waals surface area contributed by atoms with Gasteiger partial charge in [-0.3, -0.25) is 14.9 Å². The molecule has 3 unspecified atom stereocenters. The molecule has 0 aromatic carbocycles. The van der Waals surface area contributed by atoms with Crippen molar-refractivity contribution in [3.05, 3.63) is 10.1 Å². The van der Waals surface area contributed by atoms with Gasteiger partial charge in [-0.2, -0.15) is 0 Å². The van der Waals surface area contributed by atoms with Gasteiger partial charge in [0.15, 0.2) is 0 Å². The highest BCUT2D eigenvalue weighted by Crippen LogP contribution is 2.23. The molecule has 6 nitrogen and oxygen atoms in total. The summed E-state index contributed by atoms with van der Waals surface area (Å²) in [6.07, 6.45) is 13.7. The van der Waals surface area contributed by atoms with Crippen LogP contribution in [0.5, 0.6) is 0 Å². The van der Waals surface area contributed by atoms with Crippen LogP contribution in [0.25, 0.3) is 0 Å². The number of methoxy groups -OCH3 is 1. The highest BCUT2D eigenvalue weighted by Gasteiger charge is 2.31. The van der Waals surface area contributed by atoms with Crippen molar-refractivity contribution in [3.63, 3.8) is 0 Å². The first-order chi connectivity index (χ1) is 13.1. The summed E-state index contributed by atoms with van der Waals surface area (Å²) in [5.41, 5.74) is 0. The summed E-state index contributed by atoms with van der Waals surface area (Å²) in [7, 11) is 1.45. The van der Waals surface area contributed by atoms with Gasteiger partial charge in [0.2, 0.25) is 6.04 Å². The third-order valence-electron chi connectivity index (χ3n) is 5.84. The lowest BCUT2D eigenvalue weighted by molar-refractivity contribution is -0.524. The van der Waals surface area contributed by atoms with Crippen LogP contribution in [0.1, 0.15) is 96.8 Å². The highest BCUT2D eigenvalue weighted by atomic mass is 16.6. The summed E-state index contributed by atoms with van der Waals surface area (Å²) >= 11 is 0. The molecule has 1 fully saturated rings. The number of esters is 1. The fraction of sp³-hybridized carbons (Fsp3) is 0.952. The Hall–Kier alpha value is -1.17. The van der Waals surface area contributed by atoms with Crippen molar-refractivity contribution in [1.29, 1.82) is 0 Å². The SMILES string of the molecule is CCCCCNC1CCC([N+](=O)[O-])CCCCCCCCCC1C(=O)OC. The number of hydrogen-bond acceptors (Lipinski definition) is 5. The van der Waals surface area contributed by atoms with Gasteiger partial charge in [0.25, 0.3) is 0 Å². The predicted molar refractivity (Wildman–Crippen MR) is 108 cm³/mol. The third kappa shape index (κ3) is 10.1. The van der Waals surface area contributed by atoms with Crippen molar-refractivity contribution in [2.75, 3.05) is 13.7 Å². The van der Waals surface area contributed by atoms with Crippen LogP contribution in [0.15, 0.2) is 0 Å². The van der Waals surface area contributed by atoms with E-state index in [9.17, 15) is 14.9 Å². The van der Waals surface area contributed by atoms with E-state index in [4.69, 9.17) is 4.74 Å². The van der Waals surface area contributed by atoms with Gasteiger partial charge in [-0.05, 0) is 32.2 Å². The van der Waals surface area contributed by atoms with Crippen molar-refractivity contribution in [3.8, 4) is 0 Å². The third-order valence-corrected chi connectivity index (χ3v) is 5.84. The Morgan fingerprint density at radius 1 is 1.00 bits per heavy atom. The minimum absolute atomic E-state index is 0.0281. The number of rotatable bonds is 7. The number of unbranched alkanes of at least 4 members (excludes halogenated alkanes) is 2. The van der Waals surface area contributed by atoms with Gasteiger partial charge >= 0.3 is 5.97 Å². The second-order valence-electron chi connectivity index (χ2n) is 7.97. The van der Waals surface area contributed by atoms with Crippen LogP contribution in [0.3, 0.4) is 0 Å². The summed E-state index contributed by atoms with van der Waals surface area (Å²) < 4.78 is 5.08. The molecular formula is C21H40N2O4. The molecule has 1 saturated carbocycles. The standard InChI is InChI=1S/C21H40N2O4/c1-3-4-12-17-22-20-16-15-18(23(25)26)13-10-8-6-5-7-9-11-14-19(20)21(24)27-2/h18-20,22H,3-17H2,1-2H3. The first-order valence-corrected chi connectivity index (χ1v) is 11.0. The topological polar surface area (TPSA) is 81.5 Å². The number of nitrogens with one attached hydrogen (secondary N) is 1. The van der Waals surface area contributed by atoms with Gasteiger partial charge in [-0.25, -0.2) is 0 Å². The molecule has 158 valence electrons. The zero-order chi connectivity index (χ0) is 19.9. The number of hydrogen-bond donors (Lipinski definition) is 1. The number of ether oxygens (including phenoxy) is 1. The van der Waals surface area contributed by atoms with Crippen LogP contribution in [-0.2, 0) is 9.53 Å². The Labute approximate surface area is 165 Å². The molecule has 0 aromatic rings. The van der Waals surface area contributed by atoms with Gasteiger partial charge in [-0.1, -0.05) is 58.3 Å². The lowest BCUT2D eigenvalue weighted by Crippen LogP contribution is -2.42. The van der Waals surface area contributed by atoms with Gasteiger partial charge < -0.3 is 10.1 Å². The molecule has 1 N–H and O–H groups in total. The minimum Gasteiger partial charge on any atom is -0.469 e. The maximum atomic E-state index is 12.4. The van der Waals surface area contributed by atoms with E-state index in [1.54, 1.807) is 0 Å². The van der Waals surface area contributed by atoms with E-state index in [1.807, 2.05) is 0 Å². The second kappa shape index (κ2) is 14.8. The van der Waals surface area contributed by atoms with Crippen LogP contribution < -0.4 is 5.32 Å². The van der Waals surface area contributed by atoms with Crippen molar-refractivity contribution in [2.24, 2.45) is 5.92 Å². The van der Waals surface area contributed by atoms with Crippen molar-refractivity contribution in [1.82, 2.24) is 5.32 Å². The van der Waals surface area contributed by atoms with E-state index in [0.717, 1.165) is 64.3 Å². The summed E-state index contributed by atoms with van der Waals surface area (Å²) in [5.74, 6) is -0.375. The smallest absolute Gasteiger partial charge is 0.310 e. The van der Waals surface area contributed by atoms with E-state index in [2.05, 4.69) is 12.2 Å². The fourth-order valence-corrected chi connectivity index (χ4v) is 4.10. The molecule has 0 radical (unpaired) electrons. The molecule has 6 heteroatoms. The van der Waals surface area contributed by atoms with Gasteiger partial charge in [-0.15, -0.1) is 0 Å². The number of nitrogens with zero attached hydrogens (tertiary/aromatic N) is 1. The van der Waals surface area contributed by atoms with E-state index >= 15 is 0 Å². The van der Waals surface area contributed by atoms with Gasteiger partial charge in [0, 0.05) is 23.8 Å². The van der Waals surface area contributed by atoms with E-state index in [1.165, 1.54) is 20.0 Å². The molecule has 3 atom stereocenters. The zero-order valence-electron chi connectivity index (χ0n) is 17.4. The van der Waals surface area contributed by atoms with Gasteiger partial charge in [0.1, 0.15) is 0 Å². The predicted octanol–water partition coefficient (Wildman–Crippen LogP) is 4.87. The molecule has 0 amide bonds. The maximum absolute atomic E-state index is 12.4. The Kier molecular flexibility index (Phi) is 13.1. The normalized spacial score (nSPS) is 26.1. The summed E-state index contributed by atoms with van der Waals surface area (Å²) in [6, 6.07) is -0.522. The summed E-state index contributed by atoms with van der Waals surface area (Å²) in [4.78, 5) is 23.8. The molecule has 1 aliphatic rings. The largest absolute Gasteiger partial charge is 0.469 e. The van der Waals surface area contributed by atoms with Crippen molar-refractivity contribution >= 4 is 5.97 Å². The Balaban J connectivity index is 2.81. The molecule has 0 aliphatic heterocycles. The van der Waals surface area contributed by atoms with E-state index in [0.29, 0.717) is 19.3 Å². The number of carbonyl (C=O) groups is 1. The van der Waals surface area contributed by atoms with E-state index in [-0.39, 0.29) is 22.9 Å². The first kappa shape index (κ1) is 23.9. The molecular weight excluding hydrogens is 344 g/mol. The van der Waals surface area contributed by atoms with Crippen LogP contribution >= 0.6 is 0 Å². The van der Waals surface area contributed by atoms with Crippen LogP contribution in [-0.4, -0.2) is 36.6 Å². The quantitative estimate of drug-likeness (QED) is 0.293. The monoisotopic (exact) mass is 384 g/mol. The molecule has 27 heavy (non-hydrogen) atoms. The van der Waals surface area contributed by atoms with Gasteiger partial charge in [0.05, 0.1) is 13.0 Å². The first-order valence-electron chi connectivity index (χ1n) is 11.0. The molecule has 0 bridgehead atoms. The zero-order valence-corrected chi connectivity index (χ0v) is 17.4. The maximum Gasteiger partial charge on any atom is 0.310 e. The molecule has 1 aliphatic carbocycles. The number of nitro groups is 1. The lowest BCUT2D eigenvalue weighted by Gasteiger charge is -2.27. The highest BCUT2D eigenvalue weighted by molar-refractivity contribution is 5.73. The summed E-state index contributed by atoms with van der Waals surface area (Å²) in [6.45, 7) is 3.02. The lowest BCUT2D eigenvalue weighted by atomic mass is 9.87. The minimum atomic E-state index is -0.494. The number of carbonyl (C=O) groups excluding carboxylic acids is 1. The van der Waals surface area contributed by atoms with Crippen LogP contribution in [0.2, 0.25) is 0 Å². The Morgan fingerprint density at radius 3 is 2.22 bits per heavy atom. The molecule has 0 spiro atoms. The average Bonchev–Trinajstić information content (AvgIpc) is 2.66. The molecule has 0 saturated heterocycles. The van der Waals surface area contributed by atoms with Crippen molar-refractivity contribution < 1.29 is 14.5 Å². The van der Waals surface area contributed by atoms with E-state index < -0.39 is 6.04 Å². The average molecular weight is 385 g/mol. The van der Waals surface area contributed by atoms with Crippen LogP contribution in [0, 0.1) is 16.0 Å². The Bertz CT molecular complexity index is 417. The van der Waals surface area contributed by atoms with Crippen LogP contribution in [0.4, 0.5) is 0 Å². The molecule has 0 aromatic heterocycles. The summed E-state index contributed by atoms with van der Waals surface area (Å²) in [5, 5.41) is 15.0. The fourth-order valence-electron chi connectivity index (χ4n) is 4.10. The van der Waals surface area contributed by atoms with Crippen molar-refractivity contribution in [2.45, 2.75) is 109 Å². The second-order valence-corrected chi connectivity index (χ2v) is 7.97. The Morgan fingerprint density at radius 2 is 1.63 bits per heavy atom.